The summed E-state index contributed by atoms with van der Waals surface area (Å²) in [7, 11) is 1.24. The molecule has 1 aromatic carbocycles. The third-order valence-electron chi connectivity index (χ3n) is 2.45. The Balaban J connectivity index is 2.64. The highest BCUT2D eigenvalue weighted by Gasteiger charge is 2.17. The van der Waals surface area contributed by atoms with Crippen molar-refractivity contribution in [3.8, 4) is 5.69 Å². The molecule has 1 heterocycles. The first-order valence-electron chi connectivity index (χ1n) is 5.01. The number of halogens is 3. The molecular formula is C11H8FI2N3O2. The maximum absolute atomic E-state index is 14.0. The lowest BCUT2D eigenvalue weighted by molar-refractivity contribution is 0.0602. The molecule has 0 aliphatic heterocycles. The number of hydrogen-bond acceptors (Lipinski definition) is 4. The summed E-state index contributed by atoms with van der Waals surface area (Å²) in [5.74, 6) is -1.14. The van der Waals surface area contributed by atoms with E-state index in [2.05, 4.69) is 9.72 Å². The van der Waals surface area contributed by atoms with Crippen molar-refractivity contribution in [3.63, 3.8) is 0 Å². The van der Waals surface area contributed by atoms with E-state index in [4.69, 9.17) is 5.73 Å². The zero-order valence-corrected chi connectivity index (χ0v) is 14.0. The maximum atomic E-state index is 14.0. The molecule has 0 bridgehead atoms. The standard InChI is InChI=1S/C11H8FI2N3O2/c1-19-11(18)5-2-8(6(12)3-7(5)15)17-4-16-9(13)10(17)14/h2-4H,15H2,1H3. The second-order valence-electron chi connectivity index (χ2n) is 3.58. The van der Waals surface area contributed by atoms with Crippen LogP contribution in [0.4, 0.5) is 10.1 Å². The average molecular weight is 487 g/mol. The quantitative estimate of drug-likeness (QED) is 0.402. The van der Waals surface area contributed by atoms with Gasteiger partial charge in [-0.25, -0.2) is 14.2 Å². The number of hydrogen-bond donors (Lipinski definition) is 1. The molecule has 0 fully saturated rings. The Labute approximate surface area is 135 Å². The van der Waals surface area contributed by atoms with Gasteiger partial charge in [0.2, 0.25) is 0 Å². The van der Waals surface area contributed by atoms with Crippen LogP contribution in [0.5, 0.6) is 0 Å². The van der Waals surface area contributed by atoms with Gasteiger partial charge in [0.1, 0.15) is 19.5 Å². The van der Waals surface area contributed by atoms with E-state index >= 15 is 0 Å². The molecule has 0 saturated carbocycles. The number of nitrogens with zero attached hydrogens (tertiary/aromatic N) is 2. The minimum absolute atomic E-state index is 0.0397. The van der Waals surface area contributed by atoms with E-state index in [0.29, 0.717) is 0 Å². The second kappa shape index (κ2) is 5.61. The molecule has 0 amide bonds. The lowest BCUT2D eigenvalue weighted by Gasteiger charge is -2.10. The average Bonchev–Trinajstić information content (AvgIpc) is 2.70. The molecule has 0 aliphatic carbocycles. The largest absolute Gasteiger partial charge is 0.465 e. The van der Waals surface area contributed by atoms with Crippen LogP contribution in [-0.4, -0.2) is 22.6 Å². The van der Waals surface area contributed by atoms with Crippen molar-refractivity contribution in [3.05, 3.63) is 37.2 Å². The minimum Gasteiger partial charge on any atom is -0.465 e. The fraction of sp³-hybridized carbons (Fsp3) is 0.0909. The van der Waals surface area contributed by atoms with E-state index in [1.807, 2.05) is 45.2 Å². The van der Waals surface area contributed by atoms with Crippen LogP contribution >= 0.6 is 45.2 Å². The second-order valence-corrected chi connectivity index (χ2v) is 5.62. The van der Waals surface area contributed by atoms with Crippen LogP contribution in [-0.2, 0) is 4.74 Å². The summed E-state index contributed by atoms with van der Waals surface area (Å²) in [5, 5.41) is 0. The van der Waals surface area contributed by atoms with Gasteiger partial charge < -0.3 is 10.5 Å². The van der Waals surface area contributed by atoms with Gasteiger partial charge in [0, 0.05) is 5.69 Å². The molecule has 0 aliphatic rings. The van der Waals surface area contributed by atoms with Gasteiger partial charge in [0.05, 0.1) is 18.4 Å². The highest BCUT2D eigenvalue weighted by molar-refractivity contribution is 14.1. The van der Waals surface area contributed by atoms with Crippen molar-refractivity contribution in [2.24, 2.45) is 0 Å². The molecule has 0 spiro atoms. The summed E-state index contributed by atoms with van der Waals surface area (Å²) in [6.45, 7) is 0. The number of esters is 1. The van der Waals surface area contributed by atoms with Gasteiger partial charge in [-0.15, -0.1) is 0 Å². The molecule has 19 heavy (non-hydrogen) atoms. The molecule has 8 heteroatoms. The minimum atomic E-state index is -0.608. The molecular weight excluding hydrogens is 479 g/mol. The fourth-order valence-corrected chi connectivity index (χ4v) is 2.44. The van der Waals surface area contributed by atoms with Crippen molar-refractivity contribution in [1.82, 2.24) is 9.55 Å². The zero-order valence-electron chi connectivity index (χ0n) is 9.65. The monoisotopic (exact) mass is 487 g/mol. The third kappa shape index (κ3) is 2.68. The Hall–Kier alpha value is -0.910. The summed E-state index contributed by atoms with van der Waals surface area (Å²) in [6.07, 6.45) is 1.49. The normalized spacial score (nSPS) is 10.5. The van der Waals surface area contributed by atoms with Crippen LogP contribution in [0.1, 0.15) is 10.4 Å². The molecule has 0 saturated heterocycles. The van der Waals surface area contributed by atoms with E-state index in [-0.39, 0.29) is 16.9 Å². The van der Waals surface area contributed by atoms with Crippen molar-refractivity contribution >= 4 is 56.8 Å². The lowest BCUT2D eigenvalue weighted by Crippen LogP contribution is -2.09. The van der Waals surface area contributed by atoms with Crippen molar-refractivity contribution in [2.45, 2.75) is 0 Å². The van der Waals surface area contributed by atoms with Crippen LogP contribution in [0, 0.1) is 13.2 Å². The number of carbonyl (C=O) groups excluding carboxylic acids is 1. The van der Waals surface area contributed by atoms with E-state index in [1.54, 1.807) is 4.57 Å². The zero-order chi connectivity index (χ0) is 14.2. The van der Waals surface area contributed by atoms with Gasteiger partial charge in [0.15, 0.2) is 0 Å². The number of ether oxygens (including phenoxy) is 1. The topological polar surface area (TPSA) is 70.1 Å². The number of rotatable bonds is 2. The number of nitrogens with two attached hydrogens (primary N) is 1. The summed E-state index contributed by atoms with van der Waals surface area (Å²) in [5.41, 5.74) is 5.99. The fourth-order valence-electron chi connectivity index (χ4n) is 1.53. The predicted molar refractivity (Wildman–Crippen MR) is 84.7 cm³/mol. The molecule has 0 atom stereocenters. The van der Waals surface area contributed by atoms with Crippen molar-refractivity contribution in [2.75, 3.05) is 12.8 Å². The summed E-state index contributed by atoms with van der Waals surface area (Å²) in [6, 6.07) is 2.46. The van der Waals surface area contributed by atoms with E-state index in [0.717, 1.165) is 13.5 Å². The first kappa shape index (κ1) is 14.5. The van der Waals surface area contributed by atoms with Gasteiger partial charge in [-0.05, 0) is 57.3 Å². The van der Waals surface area contributed by atoms with E-state index < -0.39 is 11.8 Å². The van der Waals surface area contributed by atoms with Gasteiger partial charge in [-0.2, -0.15) is 0 Å². The van der Waals surface area contributed by atoms with Crippen LogP contribution in [0.2, 0.25) is 0 Å². The Morgan fingerprint density at radius 2 is 2.16 bits per heavy atom. The van der Waals surface area contributed by atoms with E-state index in [1.165, 1.54) is 19.5 Å². The van der Waals surface area contributed by atoms with Crippen molar-refractivity contribution in [1.29, 1.82) is 0 Å². The molecule has 100 valence electrons. The van der Waals surface area contributed by atoms with Crippen LogP contribution in [0.25, 0.3) is 5.69 Å². The number of anilines is 1. The summed E-state index contributed by atoms with van der Waals surface area (Å²) >= 11 is 4.09. The lowest BCUT2D eigenvalue weighted by atomic mass is 10.1. The highest BCUT2D eigenvalue weighted by Crippen LogP contribution is 2.25. The summed E-state index contributed by atoms with van der Waals surface area (Å²) in [4.78, 5) is 15.6. The van der Waals surface area contributed by atoms with Gasteiger partial charge in [0.25, 0.3) is 0 Å². The highest BCUT2D eigenvalue weighted by atomic mass is 127. The third-order valence-corrected chi connectivity index (χ3v) is 5.30. The molecule has 2 aromatic rings. The number of methoxy groups -OCH3 is 1. The Kier molecular flexibility index (Phi) is 4.28. The Morgan fingerprint density at radius 1 is 1.47 bits per heavy atom. The van der Waals surface area contributed by atoms with Crippen molar-refractivity contribution < 1.29 is 13.9 Å². The van der Waals surface area contributed by atoms with Gasteiger partial charge in [-0.1, -0.05) is 0 Å². The summed E-state index contributed by atoms with van der Waals surface area (Å²) < 4.78 is 21.6. The maximum Gasteiger partial charge on any atom is 0.340 e. The molecule has 5 nitrogen and oxygen atoms in total. The first-order chi connectivity index (χ1) is 8.95. The number of carbonyl (C=O) groups is 1. The van der Waals surface area contributed by atoms with Crippen LogP contribution in [0.15, 0.2) is 18.5 Å². The molecule has 0 unspecified atom stereocenters. The molecule has 2 rings (SSSR count). The van der Waals surface area contributed by atoms with Crippen LogP contribution < -0.4 is 5.73 Å². The Morgan fingerprint density at radius 3 is 2.68 bits per heavy atom. The number of benzene rings is 1. The SMILES string of the molecule is COC(=O)c1cc(-n2cnc(I)c2I)c(F)cc1N. The molecule has 1 aromatic heterocycles. The molecule has 0 radical (unpaired) electrons. The number of nitrogen functional groups attached to an aromatic ring is 1. The smallest absolute Gasteiger partial charge is 0.340 e. The van der Waals surface area contributed by atoms with Gasteiger partial charge in [-0.3, -0.25) is 4.57 Å². The molecule has 2 N–H and O–H groups in total. The Bertz CT molecular complexity index is 658. The number of aromatic nitrogens is 2. The first-order valence-corrected chi connectivity index (χ1v) is 7.17. The van der Waals surface area contributed by atoms with E-state index in [9.17, 15) is 9.18 Å². The number of imidazole rings is 1. The van der Waals surface area contributed by atoms with Gasteiger partial charge >= 0.3 is 5.97 Å². The van der Waals surface area contributed by atoms with Crippen LogP contribution in [0.3, 0.4) is 0 Å². The predicted octanol–water partition coefficient (Wildman–Crippen LogP) is 2.59.